The first kappa shape index (κ1) is 12.3. The summed E-state index contributed by atoms with van der Waals surface area (Å²) in [4.78, 5) is 5.03. The Balaban J connectivity index is 2.75. The van der Waals surface area contributed by atoms with Crippen LogP contribution < -0.4 is 4.90 Å². The first-order valence-corrected chi connectivity index (χ1v) is 5.43. The maximum atomic E-state index is 12.2. The Hall–Kier alpha value is -0.780. The predicted molar refractivity (Wildman–Crippen MR) is 56.3 cm³/mol. The van der Waals surface area contributed by atoms with Crippen LogP contribution in [0.4, 0.5) is 18.9 Å². The summed E-state index contributed by atoms with van der Waals surface area (Å²) in [5.41, 5.74) is 0.529. The third-order valence-corrected chi connectivity index (χ3v) is 2.11. The van der Waals surface area contributed by atoms with Crippen molar-refractivity contribution in [3.63, 3.8) is 0 Å². The summed E-state index contributed by atoms with van der Waals surface area (Å²) in [7, 11) is 0. The summed E-state index contributed by atoms with van der Waals surface area (Å²) in [6.07, 6.45) is -1.23. The van der Waals surface area contributed by atoms with Crippen molar-refractivity contribution in [2.24, 2.45) is 0 Å². The van der Waals surface area contributed by atoms with Crippen molar-refractivity contribution in [3.05, 3.63) is 24.5 Å². The van der Waals surface area contributed by atoms with Crippen LogP contribution in [0.3, 0.4) is 0 Å². The van der Waals surface area contributed by atoms with E-state index < -0.39 is 12.7 Å². The van der Waals surface area contributed by atoms with Crippen molar-refractivity contribution in [1.82, 2.24) is 4.98 Å². The fraction of sp³-hybridized carbons (Fsp3) is 0.444. The highest BCUT2D eigenvalue weighted by Crippen LogP contribution is 2.21. The Labute approximate surface area is 94.2 Å². The molecule has 0 N–H and O–H groups in total. The quantitative estimate of drug-likeness (QED) is 0.790. The van der Waals surface area contributed by atoms with Gasteiger partial charge in [-0.3, -0.25) is 4.98 Å². The molecule has 0 aliphatic rings. The maximum absolute atomic E-state index is 12.2. The molecule has 1 aromatic rings. The summed E-state index contributed by atoms with van der Waals surface area (Å²) < 4.78 is 36.7. The highest BCUT2D eigenvalue weighted by Gasteiger charge is 2.30. The number of rotatable bonds is 4. The van der Waals surface area contributed by atoms with E-state index in [2.05, 4.69) is 20.9 Å². The van der Waals surface area contributed by atoms with E-state index in [9.17, 15) is 13.2 Å². The minimum atomic E-state index is -4.19. The van der Waals surface area contributed by atoms with E-state index in [-0.39, 0.29) is 0 Å². The SMILES string of the molecule is FC(F)(F)CN(CCBr)c1ccncc1. The van der Waals surface area contributed by atoms with Gasteiger partial charge in [0.2, 0.25) is 0 Å². The molecule has 0 unspecified atom stereocenters. The number of alkyl halides is 4. The standard InChI is InChI=1S/C9H10BrF3N2/c10-3-6-15(7-9(11,12)13)8-1-4-14-5-2-8/h1-2,4-5H,3,6-7H2. The third-order valence-electron chi connectivity index (χ3n) is 1.75. The molecule has 0 atom stereocenters. The molecule has 0 radical (unpaired) electrons. The Kier molecular flexibility index (Phi) is 4.38. The van der Waals surface area contributed by atoms with E-state index in [1.54, 1.807) is 12.1 Å². The molecule has 0 aromatic carbocycles. The first-order chi connectivity index (χ1) is 7.03. The smallest absolute Gasteiger partial charge is 0.362 e. The summed E-state index contributed by atoms with van der Waals surface area (Å²) in [6.45, 7) is -0.633. The molecule has 0 saturated carbocycles. The highest BCUT2D eigenvalue weighted by molar-refractivity contribution is 9.09. The molecule has 15 heavy (non-hydrogen) atoms. The molecule has 6 heteroatoms. The molecule has 0 saturated heterocycles. The number of hydrogen-bond acceptors (Lipinski definition) is 2. The van der Waals surface area contributed by atoms with Gasteiger partial charge in [0.25, 0.3) is 0 Å². The van der Waals surface area contributed by atoms with E-state index in [1.807, 2.05) is 0 Å². The van der Waals surface area contributed by atoms with E-state index in [0.717, 1.165) is 0 Å². The molecule has 0 bridgehead atoms. The van der Waals surface area contributed by atoms with Crippen molar-refractivity contribution < 1.29 is 13.2 Å². The van der Waals surface area contributed by atoms with Gasteiger partial charge < -0.3 is 4.90 Å². The van der Waals surface area contributed by atoms with E-state index in [4.69, 9.17) is 0 Å². The summed E-state index contributed by atoms with van der Waals surface area (Å²) in [5.74, 6) is 0. The molecule has 84 valence electrons. The number of hydrogen-bond donors (Lipinski definition) is 0. The molecule has 2 nitrogen and oxygen atoms in total. The molecular formula is C9H10BrF3N2. The lowest BCUT2D eigenvalue weighted by atomic mass is 10.3. The zero-order valence-corrected chi connectivity index (χ0v) is 9.42. The third kappa shape index (κ3) is 4.51. The lowest BCUT2D eigenvalue weighted by Crippen LogP contribution is -2.35. The molecule has 0 spiro atoms. The van der Waals surface area contributed by atoms with Gasteiger partial charge in [0.15, 0.2) is 0 Å². The molecule has 0 fully saturated rings. The van der Waals surface area contributed by atoms with Crippen LogP contribution in [-0.4, -0.2) is 29.6 Å². The van der Waals surface area contributed by atoms with Crippen molar-refractivity contribution in [1.29, 1.82) is 0 Å². The van der Waals surface area contributed by atoms with Crippen LogP contribution in [0, 0.1) is 0 Å². The largest absolute Gasteiger partial charge is 0.405 e. The number of halogens is 4. The molecule has 1 aromatic heterocycles. The average Bonchev–Trinajstić information content (AvgIpc) is 2.17. The van der Waals surface area contributed by atoms with Crippen LogP contribution >= 0.6 is 15.9 Å². The van der Waals surface area contributed by atoms with Gasteiger partial charge >= 0.3 is 6.18 Å². The van der Waals surface area contributed by atoms with Gasteiger partial charge in [-0.25, -0.2) is 0 Å². The van der Waals surface area contributed by atoms with Gasteiger partial charge in [-0.05, 0) is 12.1 Å². The Bertz CT molecular complexity index is 289. The van der Waals surface area contributed by atoms with Gasteiger partial charge in [0, 0.05) is 30.0 Å². The van der Waals surface area contributed by atoms with Crippen LogP contribution in [0.5, 0.6) is 0 Å². The second kappa shape index (κ2) is 5.34. The molecule has 0 aliphatic heterocycles. The minimum absolute atomic E-state index is 0.309. The van der Waals surface area contributed by atoms with Crippen LogP contribution in [-0.2, 0) is 0 Å². The number of anilines is 1. The normalized spacial score (nSPS) is 11.5. The Morgan fingerprint density at radius 2 is 1.87 bits per heavy atom. The van der Waals surface area contributed by atoms with E-state index in [1.165, 1.54) is 17.3 Å². The second-order valence-corrected chi connectivity index (χ2v) is 3.72. The highest BCUT2D eigenvalue weighted by atomic mass is 79.9. The van der Waals surface area contributed by atoms with Gasteiger partial charge in [-0.15, -0.1) is 0 Å². The van der Waals surface area contributed by atoms with Crippen LogP contribution in [0.25, 0.3) is 0 Å². The first-order valence-electron chi connectivity index (χ1n) is 4.30. The van der Waals surface area contributed by atoms with Crippen molar-refractivity contribution in [2.75, 3.05) is 23.3 Å². The van der Waals surface area contributed by atoms with Gasteiger partial charge in [0.1, 0.15) is 6.54 Å². The minimum Gasteiger partial charge on any atom is -0.362 e. The lowest BCUT2D eigenvalue weighted by molar-refractivity contribution is -0.119. The number of pyridine rings is 1. The Morgan fingerprint density at radius 3 is 2.33 bits per heavy atom. The molecule has 1 rings (SSSR count). The van der Waals surface area contributed by atoms with Crippen LogP contribution in [0.2, 0.25) is 0 Å². The number of nitrogens with zero attached hydrogens (tertiary/aromatic N) is 2. The maximum Gasteiger partial charge on any atom is 0.405 e. The van der Waals surface area contributed by atoms with Crippen LogP contribution in [0.15, 0.2) is 24.5 Å². The molecule has 0 aliphatic carbocycles. The zero-order chi connectivity index (χ0) is 11.3. The van der Waals surface area contributed by atoms with Gasteiger partial charge in [-0.1, -0.05) is 15.9 Å². The van der Waals surface area contributed by atoms with Crippen LogP contribution in [0.1, 0.15) is 0 Å². The fourth-order valence-corrected chi connectivity index (χ4v) is 1.60. The molecule has 0 amide bonds. The zero-order valence-electron chi connectivity index (χ0n) is 7.84. The lowest BCUT2D eigenvalue weighted by Gasteiger charge is -2.24. The molecule has 1 heterocycles. The van der Waals surface area contributed by atoms with Gasteiger partial charge in [-0.2, -0.15) is 13.2 Å². The predicted octanol–water partition coefficient (Wildman–Crippen LogP) is 2.85. The van der Waals surface area contributed by atoms with Gasteiger partial charge in [0.05, 0.1) is 0 Å². The van der Waals surface area contributed by atoms with Crippen molar-refractivity contribution in [2.45, 2.75) is 6.18 Å². The summed E-state index contributed by atoms with van der Waals surface area (Å²) in [6, 6.07) is 3.13. The second-order valence-electron chi connectivity index (χ2n) is 2.93. The van der Waals surface area contributed by atoms with E-state index >= 15 is 0 Å². The van der Waals surface area contributed by atoms with Crippen molar-refractivity contribution in [3.8, 4) is 0 Å². The van der Waals surface area contributed by atoms with E-state index in [0.29, 0.717) is 17.6 Å². The summed E-state index contributed by atoms with van der Waals surface area (Å²) in [5, 5.41) is 0.491. The fourth-order valence-electron chi connectivity index (χ4n) is 1.17. The summed E-state index contributed by atoms with van der Waals surface area (Å²) >= 11 is 3.13. The van der Waals surface area contributed by atoms with Crippen molar-refractivity contribution >= 4 is 21.6 Å². The molecular weight excluding hydrogens is 273 g/mol. The topological polar surface area (TPSA) is 16.1 Å². The average molecular weight is 283 g/mol. The monoisotopic (exact) mass is 282 g/mol. The Morgan fingerprint density at radius 1 is 1.27 bits per heavy atom. The number of aromatic nitrogens is 1.